The Labute approximate surface area is 217 Å². The molecule has 0 fully saturated rings. The van der Waals surface area contributed by atoms with Crippen LogP contribution in [-0.4, -0.2) is 25.3 Å². The van der Waals surface area contributed by atoms with Gasteiger partial charge in [-0.15, -0.1) is 0 Å². The highest BCUT2D eigenvalue weighted by Gasteiger charge is 2.45. The van der Waals surface area contributed by atoms with Gasteiger partial charge in [0.2, 0.25) is 10.0 Å². The molecular formula is C26H22BrClFNO4S. The van der Waals surface area contributed by atoms with Gasteiger partial charge < -0.3 is 4.74 Å². The highest BCUT2D eigenvalue weighted by Crippen LogP contribution is 2.46. The van der Waals surface area contributed by atoms with Gasteiger partial charge in [0.05, 0.1) is 29.2 Å². The van der Waals surface area contributed by atoms with Crippen LogP contribution < -0.4 is 0 Å². The SMILES string of the molecule is CCOC(=O)C1=CC[C@@H](c2cccc(Br)c2)N(S(=O)(=O)c2ccc(F)cc2)[C@H]1c1cccc(Cl)c1. The zero-order chi connectivity index (χ0) is 25.2. The van der Waals surface area contributed by atoms with E-state index in [2.05, 4.69) is 15.9 Å². The second-order valence-electron chi connectivity index (χ2n) is 7.93. The van der Waals surface area contributed by atoms with Gasteiger partial charge in [-0.3, -0.25) is 0 Å². The molecule has 182 valence electrons. The van der Waals surface area contributed by atoms with Crippen molar-refractivity contribution in [1.29, 1.82) is 0 Å². The van der Waals surface area contributed by atoms with Crippen molar-refractivity contribution in [3.63, 3.8) is 0 Å². The summed E-state index contributed by atoms with van der Waals surface area (Å²) in [4.78, 5) is 12.9. The molecule has 0 saturated heterocycles. The number of ether oxygens (including phenoxy) is 1. The van der Waals surface area contributed by atoms with Gasteiger partial charge in [-0.25, -0.2) is 17.6 Å². The molecule has 3 aromatic rings. The average Bonchev–Trinajstić information content (AvgIpc) is 2.83. The quantitative estimate of drug-likeness (QED) is 0.309. The van der Waals surface area contributed by atoms with Gasteiger partial charge >= 0.3 is 5.97 Å². The van der Waals surface area contributed by atoms with Gasteiger partial charge in [-0.2, -0.15) is 4.31 Å². The lowest BCUT2D eigenvalue weighted by molar-refractivity contribution is -0.139. The van der Waals surface area contributed by atoms with Gasteiger partial charge in [-0.1, -0.05) is 57.9 Å². The number of sulfonamides is 1. The van der Waals surface area contributed by atoms with E-state index in [0.29, 0.717) is 10.6 Å². The lowest BCUT2D eigenvalue weighted by Gasteiger charge is -2.41. The van der Waals surface area contributed by atoms with Crippen LogP contribution in [-0.2, 0) is 19.6 Å². The Hall–Kier alpha value is -2.52. The molecule has 2 atom stereocenters. The van der Waals surface area contributed by atoms with Crippen LogP contribution in [0, 0.1) is 5.82 Å². The third-order valence-corrected chi connectivity index (χ3v) is 8.33. The number of nitrogens with zero attached hydrogens (tertiary/aromatic N) is 1. The van der Waals surface area contributed by atoms with Crippen molar-refractivity contribution in [2.75, 3.05) is 6.61 Å². The molecular weight excluding hydrogens is 557 g/mol. The standard InChI is InChI=1S/C26H22BrClFNO4S/c1-2-34-26(31)23-13-14-24(17-5-3-7-19(27)15-17)30(25(23)18-6-4-8-20(28)16-18)35(32,33)22-11-9-21(29)10-12-22/h3-13,15-16,24-25H,2,14H2,1H3/t24-,25-/m0/s1. The highest BCUT2D eigenvalue weighted by atomic mass is 79.9. The Bertz CT molecular complexity index is 1380. The minimum Gasteiger partial charge on any atom is -0.463 e. The van der Waals surface area contributed by atoms with Crippen LogP contribution in [0.5, 0.6) is 0 Å². The predicted molar refractivity (Wildman–Crippen MR) is 136 cm³/mol. The molecule has 5 nitrogen and oxygen atoms in total. The molecule has 0 aromatic heterocycles. The van der Waals surface area contributed by atoms with Crippen molar-refractivity contribution in [3.8, 4) is 0 Å². The van der Waals surface area contributed by atoms with E-state index >= 15 is 0 Å². The number of carbonyl (C=O) groups excluding carboxylic acids is 1. The molecule has 4 rings (SSSR count). The Morgan fingerprint density at radius 2 is 1.77 bits per heavy atom. The summed E-state index contributed by atoms with van der Waals surface area (Å²) < 4.78 is 49.3. The molecule has 1 aliphatic rings. The zero-order valence-electron chi connectivity index (χ0n) is 18.7. The van der Waals surface area contributed by atoms with Gasteiger partial charge in [0, 0.05) is 9.50 Å². The third-order valence-electron chi connectivity index (χ3n) is 5.72. The number of halogens is 3. The van der Waals surface area contributed by atoms with Crippen LogP contribution >= 0.6 is 27.5 Å². The van der Waals surface area contributed by atoms with E-state index in [-0.39, 0.29) is 23.5 Å². The highest BCUT2D eigenvalue weighted by molar-refractivity contribution is 9.10. The normalized spacial score (nSPS) is 18.7. The van der Waals surface area contributed by atoms with Crippen LogP contribution in [0.4, 0.5) is 4.39 Å². The summed E-state index contributed by atoms with van der Waals surface area (Å²) in [7, 11) is -4.22. The largest absolute Gasteiger partial charge is 0.463 e. The van der Waals surface area contributed by atoms with E-state index in [4.69, 9.17) is 16.3 Å². The van der Waals surface area contributed by atoms with Crippen molar-refractivity contribution in [3.05, 3.63) is 111 Å². The minimum atomic E-state index is -4.22. The maximum Gasteiger partial charge on any atom is 0.335 e. The van der Waals surface area contributed by atoms with E-state index in [1.807, 2.05) is 24.3 Å². The average molecular weight is 579 g/mol. The van der Waals surface area contributed by atoms with Crippen molar-refractivity contribution < 1.29 is 22.3 Å². The number of hydrogen-bond donors (Lipinski definition) is 0. The predicted octanol–water partition coefficient (Wildman–Crippen LogP) is 6.61. The molecule has 0 spiro atoms. The van der Waals surface area contributed by atoms with E-state index in [1.54, 1.807) is 37.3 Å². The monoisotopic (exact) mass is 577 g/mol. The topological polar surface area (TPSA) is 63.7 Å². The molecule has 9 heteroatoms. The first-order valence-electron chi connectivity index (χ1n) is 10.9. The van der Waals surface area contributed by atoms with E-state index in [9.17, 15) is 17.6 Å². The summed E-state index contributed by atoms with van der Waals surface area (Å²) in [5, 5.41) is 0.398. The first kappa shape index (κ1) is 25.6. The summed E-state index contributed by atoms with van der Waals surface area (Å²) >= 11 is 9.73. The summed E-state index contributed by atoms with van der Waals surface area (Å²) in [5.74, 6) is -1.16. The van der Waals surface area contributed by atoms with Crippen molar-refractivity contribution in [1.82, 2.24) is 4.31 Å². The van der Waals surface area contributed by atoms with Crippen LogP contribution in [0.1, 0.15) is 36.6 Å². The molecule has 0 radical (unpaired) electrons. The number of carbonyl (C=O) groups is 1. The molecule has 0 amide bonds. The number of esters is 1. The van der Waals surface area contributed by atoms with Gasteiger partial charge in [0.1, 0.15) is 5.82 Å². The second-order valence-corrected chi connectivity index (χ2v) is 11.1. The molecule has 0 N–H and O–H groups in total. The molecule has 0 aliphatic carbocycles. The molecule has 1 aliphatic heterocycles. The van der Waals surface area contributed by atoms with Crippen molar-refractivity contribution >= 4 is 43.5 Å². The molecule has 1 heterocycles. The summed E-state index contributed by atoms with van der Waals surface area (Å²) in [5.41, 5.74) is 1.45. The lowest BCUT2D eigenvalue weighted by atomic mass is 9.89. The number of hydrogen-bond acceptors (Lipinski definition) is 4. The maximum absolute atomic E-state index is 14.1. The van der Waals surface area contributed by atoms with E-state index < -0.39 is 33.9 Å². The van der Waals surface area contributed by atoms with Crippen LogP contribution in [0.2, 0.25) is 5.02 Å². The van der Waals surface area contributed by atoms with Gasteiger partial charge in [0.15, 0.2) is 0 Å². The van der Waals surface area contributed by atoms with Gasteiger partial charge in [0.25, 0.3) is 0 Å². The minimum absolute atomic E-state index is 0.0870. The summed E-state index contributed by atoms with van der Waals surface area (Å²) in [6.45, 7) is 1.82. The van der Waals surface area contributed by atoms with Crippen molar-refractivity contribution in [2.45, 2.75) is 30.3 Å². The Kier molecular flexibility index (Phi) is 7.76. The first-order valence-corrected chi connectivity index (χ1v) is 13.5. The van der Waals surface area contributed by atoms with Crippen LogP contribution in [0.3, 0.4) is 0 Å². The fourth-order valence-electron chi connectivity index (χ4n) is 4.22. The van der Waals surface area contributed by atoms with Crippen LogP contribution in [0.25, 0.3) is 0 Å². The van der Waals surface area contributed by atoms with E-state index in [1.165, 1.54) is 16.4 Å². The number of rotatable bonds is 6. The number of benzene rings is 3. The smallest absolute Gasteiger partial charge is 0.335 e. The van der Waals surface area contributed by atoms with Crippen molar-refractivity contribution in [2.24, 2.45) is 0 Å². The Morgan fingerprint density at radius 3 is 2.43 bits per heavy atom. The molecule has 35 heavy (non-hydrogen) atoms. The molecule has 0 saturated carbocycles. The lowest BCUT2D eigenvalue weighted by Crippen LogP contribution is -2.42. The maximum atomic E-state index is 14.1. The van der Waals surface area contributed by atoms with E-state index in [0.717, 1.165) is 22.2 Å². The molecule has 0 unspecified atom stereocenters. The summed E-state index contributed by atoms with van der Waals surface area (Å²) in [6, 6.07) is 17.1. The molecule has 3 aromatic carbocycles. The second kappa shape index (κ2) is 10.6. The van der Waals surface area contributed by atoms with Gasteiger partial charge in [-0.05, 0) is 73.0 Å². The first-order chi connectivity index (χ1) is 16.7. The Balaban J connectivity index is 1.98. The van der Waals surface area contributed by atoms with Crippen LogP contribution in [0.15, 0.2) is 93.8 Å². The summed E-state index contributed by atoms with van der Waals surface area (Å²) in [6.07, 6.45) is 1.97. The third kappa shape index (κ3) is 5.35. The zero-order valence-corrected chi connectivity index (χ0v) is 21.9. The molecule has 0 bridgehead atoms. The Morgan fingerprint density at radius 1 is 1.09 bits per heavy atom. The fraction of sp³-hybridized carbons (Fsp3) is 0.192. The fourth-order valence-corrected chi connectivity index (χ4v) is 6.61.